The van der Waals surface area contributed by atoms with E-state index in [9.17, 15) is 0 Å². The third-order valence-electron chi connectivity index (χ3n) is 2.16. The number of ether oxygens (including phenoxy) is 2. The second-order valence-corrected chi connectivity index (χ2v) is 3.47. The van der Waals surface area contributed by atoms with Crippen molar-refractivity contribution < 1.29 is 9.47 Å². The van der Waals surface area contributed by atoms with Crippen LogP contribution < -0.4 is 15.2 Å². The highest BCUT2D eigenvalue weighted by Crippen LogP contribution is 2.32. The lowest BCUT2D eigenvalue weighted by Gasteiger charge is -2.09. The fourth-order valence-electron chi connectivity index (χ4n) is 1.35. The summed E-state index contributed by atoms with van der Waals surface area (Å²) in [6.07, 6.45) is 1.44. The zero-order chi connectivity index (χ0) is 12.3. The minimum Gasteiger partial charge on any atom is -0.493 e. The zero-order valence-corrected chi connectivity index (χ0v) is 9.60. The van der Waals surface area contributed by atoms with Crippen molar-refractivity contribution in [3.63, 3.8) is 0 Å². The minimum atomic E-state index is 0.369. The van der Waals surface area contributed by atoms with Gasteiger partial charge in [0.25, 0.3) is 0 Å². The molecule has 0 spiro atoms. The van der Waals surface area contributed by atoms with Gasteiger partial charge in [0.2, 0.25) is 5.88 Å². The number of nitrogens with zero attached hydrogens (tertiary/aromatic N) is 2. The average molecular weight is 230 g/mol. The average Bonchev–Trinajstić information content (AvgIpc) is 2.31. The maximum atomic E-state index is 7.49. The van der Waals surface area contributed by atoms with Gasteiger partial charge in [-0.05, 0) is 19.1 Å². The van der Waals surface area contributed by atoms with Gasteiger partial charge in [0.15, 0.2) is 11.5 Å². The minimum absolute atomic E-state index is 0.369. The number of aryl methyl sites for hydroxylation is 1. The van der Waals surface area contributed by atoms with E-state index >= 15 is 0 Å². The second kappa shape index (κ2) is 4.69. The van der Waals surface area contributed by atoms with Crippen LogP contribution >= 0.6 is 0 Å². The first-order chi connectivity index (χ1) is 8.19. The Bertz CT molecular complexity index is 529. The van der Waals surface area contributed by atoms with E-state index in [1.807, 2.05) is 6.92 Å². The van der Waals surface area contributed by atoms with Crippen molar-refractivity contribution in [2.24, 2.45) is 0 Å². The van der Waals surface area contributed by atoms with Crippen LogP contribution in [0.25, 0.3) is 0 Å². The molecule has 5 nitrogen and oxygen atoms in total. The molecule has 0 atom stereocenters. The van der Waals surface area contributed by atoms with Crippen LogP contribution in [0, 0.1) is 6.92 Å². The van der Waals surface area contributed by atoms with Gasteiger partial charge in [-0.15, -0.1) is 0 Å². The molecule has 0 aliphatic rings. The molecule has 0 amide bonds. The van der Waals surface area contributed by atoms with Crippen molar-refractivity contribution in [1.82, 2.24) is 15.7 Å². The molecule has 2 aromatic rings. The molecule has 0 saturated heterocycles. The molecule has 0 bridgehead atoms. The topological polar surface area (TPSA) is 68.0 Å². The standard InChI is InChI=1S/C12H12N3O2/c1-8-5-12(15-7-14-8)17-10-4-3-9(13)6-11(10)16-2/h3-7,13H,1-2H3. The van der Waals surface area contributed by atoms with E-state index in [1.54, 1.807) is 24.3 Å². The Morgan fingerprint density at radius 2 is 1.94 bits per heavy atom. The summed E-state index contributed by atoms with van der Waals surface area (Å²) in [5.74, 6) is 1.49. The zero-order valence-electron chi connectivity index (χ0n) is 9.60. The van der Waals surface area contributed by atoms with Crippen LogP contribution in [0.15, 0.2) is 30.6 Å². The maximum Gasteiger partial charge on any atom is 0.222 e. The molecule has 1 N–H and O–H groups in total. The van der Waals surface area contributed by atoms with Crippen LogP contribution in [0.2, 0.25) is 0 Å². The number of benzene rings is 1. The molecule has 1 heterocycles. The van der Waals surface area contributed by atoms with Crippen molar-refractivity contribution in [1.29, 1.82) is 0 Å². The summed E-state index contributed by atoms with van der Waals surface area (Å²) < 4.78 is 10.7. The van der Waals surface area contributed by atoms with Crippen molar-refractivity contribution >= 4 is 5.69 Å². The van der Waals surface area contributed by atoms with Crippen molar-refractivity contribution in [3.05, 3.63) is 36.3 Å². The fraction of sp³-hybridized carbons (Fsp3) is 0.167. The molecule has 0 fully saturated rings. The highest BCUT2D eigenvalue weighted by Gasteiger charge is 2.07. The molecular weight excluding hydrogens is 218 g/mol. The Morgan fingerprint density at radius 1 is 1.12 bits per heavy atom. The van der Waals surface area contributed by atoms with E-state index in [1.165, 1.54) is 13.4 Å². The van der Waals surface area contributed by atoms with Crippen LogP contribution in [0.1, 0.15) is 5.69 Å². The number of hydrogen-bond acceptors (Lipinski definition) is 4. The van der Waals surface area contributed by atoms with Gasteiger partial charge in [0.05, 0.1) is 12.8 Å². The quantitative estimate of drug-likeness (QED) is 0.812. The molecule has 87 valence electrons. The number of hydrogen-bond donors (Lipinski definition) is 0. The van der Waals surface area contributed by atoms with Crippen LogP contribution in [0.4, 0.5) is 5.69 Å². The second-order valence-electron chi connectivity index (χ2n) is 3.47. The summed E-state index contributed by atoms with van der Waals surface area (Å²) in [4.78, 5) is 7.98. The summed E-state index contributed by atoms with van der Waals surface area (Å²) in [5, 5.41) is 0. The van der Waals surface area contributed by atoms with Crippen LogP contribution in [-0.2, 0) is 0 Å². The third-order valence-corrected chi connectivity index (χ3v) is 2.16. The van der Waals surface area contributed by atoms with Gasteiger partial charge < -0.3 is 15.2 Å². The molecule has 0 unspecified atom stereocenters. The summed E-state index contributed by atoms with van der Waals surface area (Å²) in [6.45, 7) is 1.86. The highest BCUT2D eigenvalue weighted by molar-refractivity contribution is 5.51. The lowest BCUT2D eigenvalue weighted by molar-refractivity contribution is 0.374. The largest absolute Gasteiger partial charge is 0.493 e. The summed E-state index contributed by atoms with van der Waals surface area (Å²) in [5.41, 5.74) is 8.68. The summed E-state index contributed by atoms with van der Waals surface area (Å²) in [6, 6.07) is 6.63. The van der Waals surface area contributed by atoms with E-state index in [4.69, 9.17) is 15.2 Å². The van der Waals surface area contributed by atoms with Gasteiger partial charge in [-0.2, -0.15) is 0 Å². The van der Waals surface area contributed by atoms with E-state index < -0.39 is 0 Å². The smallest absolute Gasteiger partial charge is 0.222 e. The summed E-state index contributed by atoms with van der Waals surface area (Å²) >= 11 is 0. The van der Waals surface area contributed by atoms with Crippen molar-refractivity contribution in [2.75, 3.05) is 7.11 Å². The van der Waals surface area contributed by atoms with E-state index in [2.05, 4.69) is 9.97 Å². The number of methoxy groups -OCH3 is 1. The molecule has 0 aliphatic heterocycles. The fourth-order valence-corrected chi connectivity index (χ4v) is 1.35. The number of rotatable bonds is 3. The van der Waals surface area contributed by atoms with Gasteiger partial charge >= 0.3 is 0 Å². The first-order valence-electron chi connectivity index (χ1n) is 5.05. The van der Waals surface area contributed by atoms with Gasteiger partial charge in [-0.25, -0.2) is 9.97 Å². The van der Waals surface area contributed by atoms with E-state index in [-0.39, 0.29) is 0 Å². The van der Waals surface area contributed by atoms with Gasteiger partial charge in [0, 0.05) is 17.8 Å². The molecule has 5 heteroatoms. The lowest BCUT2D eigenvalue weighted by atomic mass is 10.3. The van der Waals surface area contributed by atoms with Crippen LogP contribution in [0.5, 0.6) is 17.4 Å². The predicted octanol–water partition coefficient (Wildman–Crippen LogP) is 2.50. The first-order valence-corrected chi connectivity index (χ1v) is 5.05. The molecule has 2 rings (SSSR count). The van der Waals surface area contributed by atoms with Crippen LogP contribution in [0.3, 0.4) is 0 Å². The number of aromatic nitrogens is 2. The van der Waals surface area contributed by atoms with E-state index in [0.29, 0.717) is 23.1 Å². The summed E-state index contributed by atoms with van der Waals surface area (Å²) in [7, 11) is 1.53. The molecule has 1 aromatic carbocycles. The van der Waals surface area contributed by atoms with Gasteiger partial charge in [0.1, 0.15) is 6.33 Å². The SMILES string of the molecule is COc1cc([NH])ccc1Oc1cc(C)ncn1. The molecule has 0 aliphatic carbocycles. The van der Waals surface area contributed by atoms with Gasteiger partial charge in [-0.1, -0.05) is 0 Å². The molecular formula is C12H12N3O2. The Morgan fingerprint density at radius 3 is 2.65 bits per heavy atom. The van der Waals surface area contributed by atoms with Gasteiger partial charge in [-0.3, -0.25) is 0 Å². The number of nitrogens with one attached hydrogen (secondary N) is 1. The molecule has 1 radical (unpaired) electrons. The highest BCUT2D eigenvalue weighted by atomic mass is 16.5. The van der Waals surface area contributed by atoms with E-state index in [0.717, 1.165) is 5.69 Å². The Balaban J connectivity index is 2.29. The predicted molar refractivity (Wildman–Crippen MR) is 62.6 cm³/mol. The third kappa shape index (κ3) is 2.63. The van der Waals surface area contributed by atoms with Crippen LogP contribution in [-0.4, -0.2) is 17.1 Å². The first kappa shape index (κ1) is 11.2. The van der Waals surface area contributed by atoms with Crippen molar-refractivity contribution in [3.8, 4) is 17.4 Å². The Kier molecular flexibility index (Phi) is 3.09. The van der Waals surface area contributed by atoms with Crippen molar-refractivity contribution in [2.45, 2.75) is 6.92 Å². The maximum absolute atomic E-state index is 7.49. The Labute approximate surface area is 99.2 Å². The molecule has 0 saturated carbocycles. The Hall–Kier alpha value is -2.30. The normalized spacial score (nSPS) is 10.0. The monoisotopic (exact) mass is 230 g/mol. The molecule has 1 aromatic heterocycles. The molecule has 17 heavy (non-hydrogen) atoms. The lowest BCUT2D eigenvalue weighted by Crippen LogP contribution is -1.93.